The second-order valence-corrected chi connectivity index (χ2v) is 9.27. The van der Waals surface area contributed by atoms with E-state index in [4.69, 9.17) is 11.5 Å². The molecular formula is C26H30FN7O3. The lowest BCUT2D eigenvalue weighted by Crippen LogP contribution is -2.51. The number of hydrogen-bond acceptors (Lipinski definition) is 8. The number of pyridine rings is 2. The van der Waals surface area contributed by atoms with Crippen molar-refractivity contribution < 1.29 is 19.1 Å². The molecule has 3 heterocycles. The van der Waals surface area contributed by atoms with Gasteiger partial charge in [0.15, 0.2) is 5.69 Å². The van der Waals surface area contributed by atoms with Crippen LogP contribution in [0.1, 0.15) is 41.1 Å². The molecular weight excluding hydrogens is 477 g/mol. The van der Waals surface area contributed by atoms with Crippen molar-refractivity contribution in [2.24, 2.45) is 5.73 Å². The Morgan fingerprint density at radius 1 is 1.19 bits per heavy atom. The molecule has 2 aromatic heterocycles. The molecule has 37 heavy (non-hydrogen) atoms. The minimum Gasteiger partial charge on any atom is -0.397 e. The highest BCUT2D eigenvalue weighted by Gasteiger charge is 2.27. The van der Waals surface area contributed by atoms with Gasteiger partial charge in [0.25, 0.3) is 11.8 Å². The van der Waals surface area contributed by atoms with E-state index in [1.807, 2.05) is 18.7 Å². The molecule has 10 nitrogen and oxygen atoms in total. The Kier molecular flexibility index (Phi) is 7.65. The summed E-state index contributed by atoms with van der Waals surface area (Å²) in [6, 6.07) is 8.15. The van der Waals surface area contributed by atoms with E-state index >= 15 is 0 Å². The summed E-state index contributed by atoms with van der Waals surface area (Å²) < 4.78 is 14.7. The summed E-state index contributed by atoms with van der Waals surface area (Å²) in [5.41, 5.74) is 13.7. The highest BCUT2D eigenvalue weighted by molar-refractivity contribution is 6.08. The maximum absolute atomic E-state index is 14.7. The average Bonchev–Trinajstić information content (AvgIpc) is 2.86. The number of anilines is 3. The van der Waals surface area contributed by atoms with Crippen LogP contribution in [0.4, 0.5) is 21.5 Å². The minimum atomic E-state index is -0.607. The molecule has 3 aromatic rings. The molecule has 2 amide bonds. The first-order valence-corrected chi connectivity index (χ1v) is 11.9. The molecule has 0 aliphatic carbocycles. The van der Waals surface area contributed by atoms with Crippen LogP contribution >= 0.6 is 0 Å². The summed E-state index contributed by atoms with van der Waals surface area (Å²) >= 11 is 0. The maximum Gasteiger partial charge on any atom is 0.276 e. The van der Waals surface area contributed by atoms with Crippen LogP contribution in [0, 0.1) is 5.82 Å². The molecule has 1 aromatic carbocycles. The largest absolute Gasteiger partial charge is 0.397 e. The third kappa shape index (κ3) is 5.84. The first-order chi connectivity index (χ1) is 17.6. The number of nitrogens with one attached hydrogen (secondary N) is 2. The lowest BCUT2D eigenvalue weighted by Gasteiger charge is -2.36. The van der Waals surface area contributed by atoms with Gasteiger partial charge in [-0.25, -0.2) is 9.37 Å². The zero-order valence-electron chi connectivity index (χ0n) is 20.6. The van der Waals surface area contributed by atoms with Gasteiger partial charge in [0.05, 0.1) is 35.1 Å². The van der Waals surface area contributed by atoms with Gasteiger partial charge in [0.1, 0.15) is 5.82 Å². The SMILES string of the molecule is CC(C)NC(=O)c1ccc(F)c(-c2ccc(N)c(C(=O)Nc3cnccc3N3CC[C@@H](O)[C@H](N)C3)n2)c1. The van der Waals surface area contributed by atoms with Crippen molar-refractivity contribution in [1.82, 2.24) is 15.3 Å². The third-order valence-electron chi connectivity index (χ3n) is 6.07. The van der Waals surface area contributed by atoms with E-state index in [9.17, 15) is 19.1 Å². The lowest BCUT2D eigenvalue weighted by atomic mass is 10.0. The van der Waals surface area contributed by atoms with Crippen molar-refractivity contribution in [3.8, 4) is 11.3 Å². The van der Waals surface area contributed by atoms with Gasteiger partial charge >= 0.3 is 0 Å². The van der Waals surface area contributed by atoms with E-state index in [1.165, 1.54) is 36.5 Å². The molecule has 1 aliphatic rings. The Morgan fingerprint density at radius 2 is 1.97 bits per heavy atom. The van der Waals surface area contributed by atoms with E-state index in [-0.39, 0.29) is 40.2 Å². The van der Waals surface area contributed by atoms with Gasteiger partial charge < -0.3 is 32.1 Å². The molecule has 4 rings (SSSR count). The lowest BCUT2D eigenvalue weighted by molar-refractivity contribution is 0.0942. The first-order valence-electron chi connectivity index (χ1n) is 11.9. The molecule has 0 spiro atoms. The Morgan fingerprint density at radius 3 is 2.70 bits per heavy atom. The standard InChI is InChI=1S/C26H30FN7O3/c1-14(2)31-25(36)15-3-4-17(27)16(11-15)20-6-5-18(28)24(32-20)26(37)33-21-12-30-9-7-22(21)34-10-8-23(35)19(29)13-34/h3-7,9,11-12,14,19,23,35H,8,10,13,28-29H2,1-2H3,(H,31,36)(H,33,37)/t19-,23-/m1/s1. The zero-order chi connectivity index (χ0) is 26.7. The first kappa shape index (κ1) is 26.0. The van der Waals surface area contributed by atoms with Gasteiger partial charge in [-0.05, 0) is 56.7 Å². The Balaban J connectivity index is 1.62. The normalized spacial score (nSPS) is 17.5. The molecule has 1 saturated heterocycles. The van der Waals surface area contributed by atoms with Crippen LogP contribution in [-0.2, 0) is 0 Å². The maximum atomic E-state index is 14.7. The highest BCUT2D eigenvalue weighted by Crippen LogP contribution is 2.29. The highest BCUT2D eigenvalue weighted by atomic mass is 19.1. The van der Waals surface area contributed by atoms with Crippen LogP contribution in [0.3, 0.4) is 0 Å². The predicted octanol–water partition coefficient (Wildman–Crippen LogP) is 2.15. The molecule has 0 unspecified atom stereocenters. The van der Waals surface area contributed by atoms with Gasteiger partial charge in [0, 0.05) is 42.5 Å². The van der Waals surface area contributed by atoms with E-state index in [0.717, 1.165) is 0 Å². The molecule has 0 saturated carbocycles. The average molecular weight is 508 g/mol. The third-order valence-corrected chi connectivity index (χ3v) is 6.07. The van der Waals surface area contributed by atoms with Crippen molar-refractivity contribution in [1.29, 1.82) is 0 Å². The topological polar surface area (TPSA) is 159 Å². The summed E-state index contributed by atoms with van der Waals surface area (Å²) in [7, 11) is 0. The van der Waals surface area contributed by atoms with Gasteiger partial charge in [-0.1, -0.05) is 0 Å². The van der Waals surface area contributed by atoms with Crippen LogP contribution < -0.4 is 27.0 Å². The Labute approximate surface area is 213 Å². The van der Waals surface area contributed by atoms with Crippen molar-refractivity contribution in [2.75, 3.05) is 29.0 Å². The van der Waals surface area contributed by atoms with E-state index in [2.05, 4.69) is 20.6 Å². The number of aliphatic hydroxyl groups is 1. The summed E-state index contributed by atoms with van der Waals surface area (Å²) in [6.07, 6.45) is 3.01. The van der Waals surface area contributed by atoms with Gasteiger partial charge in [-0.2, -0.15) is 0 Å². The number of nitrogens with two attached hydrogens (primary N) is 2. The summed E-state index contributed by atoms with van der Waals surface area (Å²) in [5, 5.41) is 15.5. The van der Waals surface area contributed by atoms with Crippen LogP contribution in [0.5, 0.6) is 0 Å². The number of piperidine rings is 1. The number of hydrogen-bond donors (Lipinski definition) is 5. The monoisotopic (exact) mass is 507 g/mol. The minimum absolute atomic E-state index is 0.0633. The predicted molar refractivity (Wildman–Crippen MR) is 140 cm³/mol. The molecule has 11 heteroatoms. The summed E-state index contributed by atoms with van der Waals surface area (Å²) in [4.78, 5) is 36.0. The molecule has 7 N–H and O–H groups in total. The van der Waals surface area contributed by atoms with Crippen LogP contribution in [0.2, 0.25) is 0 Å². The fourth-order valence-corrected chi connectivity index (χ4v) is 4.14. The fraction of sp³-hybridized carbons (Fsp3) is 0.308. The number of halogens is 1. The second-order valence-electron chi connectivity index (χ2n) is 9.27. The Hall–Kier alpha value is -4.09. The Bertz CT molecular complexity index is 1320. The molecule has 1 aliphatic heterocycles. The quantitative estimate of drug-likeness (QED) is 0.339. The molecule has 0 radical (unpaired) electrons. The van der Waals surface area contributed by atoms with Crippen molar-refractivity contribution in [3.05, 3.63) is 65.9 Å². The number of benzene rings is 1. The van der Waals surface area contributed by atoms with Crippen molar-refractivity contribution in [3.63, 3.8) is 0 Å². The number of aliphatic hydroxyl groups excluding tert-OH is 1. The summed E-state index contributed by atoms with van der Waals surface area (Å²) in [6.45, 7) is 4.61. The number of nitrogens with zero attached hydrogens (tertiary/aromatic N) is 3. The smallest absolute Gasteiger partial charge is 0.276 e. The molecule has 194 valence electrons. The van der Waals surface area contributed by atoms with Crippen molar-refractivity contribution in [2.45, 2.75) is 38.5 Å². The van der Waals surface area contributed by atoms with Crippen LogP contribution in [-0.4, -0.2) is 58.2 Å². The van der Waals surface area contributed by atoms with Gasteiger partial charge in [-0.3, -0.25) is 14.6 Å². The van der Waals surface area contributed by atoms with Crippen LogP contribution in [0.15, 0.2) is 48.8 Å². The fourth-order valence-electron chi connectivity index (χ4n) is 4.14. The molecule has 0 bridgehead atoms. The number of carbonyl (C=O) groups excluding carboxylic acids is 2. The van der Waals surface area contributed by atoms with E-state index < -0.39 is 23.9 Å². The number of rotatable bonds is 6. The van der Waals surface area contributed by atoms with Crippen molar-refractivity contribution >= 4 is 28.9 Å². The number of nitrogen functional groups attached to an aromatic ring is 1. The van der Waals surface area contributed by atoms with Gasteiger partial charge in [-0.15, -0.1) is 0 Å². The molecule has 2 atom stereocenters. The summed E-state index contributed by atoms with van der Waals surface area (Å²) in [5.74, 6) is -1.55. The number of carbonyl (C=O) groups is 2. The number of amides is 2. The van der Waals surface area contributed by atoms with Gasteiger partial charge in [0.2, 0.25) is 0 Å². The zero-order valence-corrected chi connectivity index (χ0v) is 20.6. The van der Waals surface area contributed by atoms with E-state index in [1.54, 1.807) is 12.3 Å². The second kappa shape index (κ2) is 10.9. The van der Waals surface area contributed by atoms with E-state index in [0.29, 0.717) is 30.9 Å². The number of aromatic nitrogens is 2. The molecule has 1 fully saturated rings. The van der Waals surface area contributed by atoms with Crippen LogP contribution in [0.25, 0.3) is 11.3 Å².